The van der Waals surface area contributed by atoms with Crippen molar-refractivity contribution in [1.82, 2.24) is 4.98 Å². The summed E-state index contributed by atoms with van der Waals surface area (Å²) >= 11 is 0. The number of anilines is 1. The third kappa shape index (κ3) is 2.08. The summed E-state index contributed by atoms with van der Waals surface area (Å²) in [5.41, 5.74) is 5.90. The Kier molecular flexibility index (Phi) is 2.09. The molecule has 64 valence electrons. The van der Waals surface area contributed by atoms with Crippen molar-refractivity contribution in [2.45, 2.75) is 6.92 Å². The van der Waals surface area contributed by atoms with Crippen molar-refractivity contribution in [2.75, 3.05) is 5.73 Å². The van der Waals surface area contributed by atoms with Crippen LogP contribution in [0.3, 0.4) is 0 Å². The largest absolute Gasteiger partial charge is 0.384 e. The predicted octanol–water partition coefficient (Wildman–Crippen LogP) is 0.543. The monoisotopic (exact) mass is 169 g/mol. The Morgan fingerprint density at radius 1 is 1.67 bits per heavy atom. The molecule has 0 aliphatic rings. The minimum absolute atomic E-state index is 0.0880. The number of nitrogens with zero attached hydrogens (tertiary/aromatic N) is 2. The quantitative estimate of drug-likeness (QED) is 0.515. The molecule has 0 saturated heterocycles. The first-order valence-electron chi connectivity index (χ1n) is 3.14. The minimum Gasteiger partial charge on any atom is -0.384 e. The fourth-order valence-corrected chi connectivity index (χ4v) is 0.800. The fraction of sp³-hybridized carbons (Fsp3) is 0.167. The van der Waals surface area contributed by atoms with E-state index in [4.69, 9.17) is 5.73 Å². The Morgan fingerprint density at radius 2 is 2.33 bits per heavy atom. The zero-order chi connectivity index (χ0) is 9.14. The Hall–Kier alpha value is -1.85. The maximum atomic E-state index is 9.91. The van der Waals surface area contributed by atoms with Crippen molar-refractivity contribution in [2.24, 2.45) is 0 Å². The zero-order valence-corrected chi connectivity index (χ0v) is 6.35. The van der Waals surface area contributed by atoms with Crippen molar-refractivity contribution < 1.29 is 9.92 Å². The van der Waals surface area contributed by atoms with Gasteiger partial charge < -0.3 is 5.73 Å². The summed E-state index contributed by atoms with van der Waals surface area (Å²) in [4.78, 5) is 17.9. The number of pyridine rings is 1. The molecule has 0 radical (unpaired) electrons. The molecule has 6 heteroatoms. The second-order valence-electron chi connectivity index (χ2n) is 2.18. The third-order valence-corrected chi connectivity index (χ3v) is 1.13. The average molecular weight is 169 g/mol. The summed E-state index contributed by atoms with van der Waals surface area (Å²) in [6.45, 7) is 1.67. The first kappa shape index (κ1) is 8.25. The van der Waals surface area contributed by atoms with E-state index in [2.05, 4.69) is 9.82 Å². The van der Waals surface area contributed by atoms with Crippen LogP contribution < -0.4 is 10.6 Å². The summed E-state index contributed by atoms with van der Waals surface area (Å²) in [5.74, 6) is 0.289. The smallest absolute Gasteiger partial charge is 0.299 e. The number of aromatic nitrogens is 1. The fourth-order valence-electron chi connectivity index (χ4n) is 0.800. The van der Waals surface area contributed by atoms with E-state index in [-0.39, 0.29) is 11.6 Å². The van der Waals surface area contributed by atoms with Gasteiger partial charge in [0.25, 0.3) is 5.09 Å². The number of rotatable bonds is 2. The molecule has 1 heterocycles. The molecule has 0 amide bonds. The molecule has 12 heavy (non-hydrogen) atoms. The Morgan fingerprint density at radius 3 is 2.83 bits per heavy atom. The van der Waals surface area contributed by atoms with Crippen molar-refractivity contribution in [1.29, 1.82) is 0 Å². The standard InChI is InChI=1S/C6H7N3O3/c1-4-2-5(12-9(10)11)3-6(7)8-4/h2-3H,1H3,(H2,7,8). The van der Waals surface area contributed by atoms with Gasteiger partial charge in [0.2, 0.25) is 0 Å². The first-order chi connectivity index (χ1) is 5.58. The van der Waals surface area contributed by atoms with Gasteiger partial charge in [-0.15, -0.1) is 10.1 Å². The lowest BCUT2D eigenvalue weighted by Gasteiger charge is -2.00. The van der Waals surface area contributed by atoms with Crippen molar-refractivity contribution in [3.63, 3.8) is 0 Å². The summed E-state index contributed by atoms with van der Waals surface area (Å²) in [5, 5.41) is 9.02. The van der Waals surface area contributed by atoms with Crippen LogP contribution in [0.5, 0.6) is 5.75 Å². The Labute approximate surface area is 68.1 Å². The maximum Gasteiger partial charge on any atom is 0.299 e. The molecule has 0 atom stereocenters. The van der Waals surface area contributed by atoms with Gasteiger partial charge in [0.1, 0.15) is 11.6 Å². The molecule has 6 nitrogen and oxygen atoms in total. The van der Waals surface area contributed by atoms with Crippen molar-refractivity contribution >= 4 is 5.82 Å². The van der Waals surface area contributed by atoms with E-state index in [1.165, 1.54) is 12.1 Å². The second-order valence-corrected chi connectivity index (χ2v) is 2.18. The van der Waals surface area contributed by atoms with Gasteiger partial charge in [-0.05, 0) is 13.0 Å². The predicted molar refractivity (Wildman–Crippen MR) is 41.0 cm³/mol. The normalized spacial score (nSPS) is 9.42. The van der Waals surface area contributed by atoms with Gasteiger partial charge in [0.15, 0.2) is 0 Å². The van der Waals surface area contributed by atoms with Gasteiger partial charge in [-0.3, -0.25) is 4.84 Å². The van der Waals surface area contributed by atoms with Crippen LogP contribution in [0.15, 0.2) is 12.1 Å². The minimum atomic E-state index is -0.895. The number of nitrogen functional groups attached to an aromatic ring is 1. The molecule has 0 spiro atoms. The molecule has 1 aromatic heterocycles. The second kappa shape index (κ2) is 3.04. The van der Waals surface area contributed by atoms with Crippen LogP contribution in [0.2, 0.25) is 0 Å². The van der Waals surface area contributed by atoms with E-state index >= 15 is 0 Å². The van der Waals surface area contributed by atoms with E-state index < -0.39 is 5.09 Å². The third-order valence-electron chi connectivity index (χ3n) is 1.13. The van der Waals surface area contributed by atoms with Gasteiger partial charge in [-0.25, -0.2) is 4.98 Å². The molecule has 2 N–H and O–H groups in total. The Bertz CT molecular complexity index is 293. The molecule has 0 bridgehead atoms. The molecular formula is C6H7N3O3. The van der Waals surface area contributed by atoms with Gasteiger partial charge in [-0.1, -0.05) is 0 Å². The van der Waals surface area contributed by atoms with Crippen LogP contribution in [0.25, 0.3) is 0 Å². The first-order valence-corrected chi connectivity index (χ1v) is 3.14. The highest BCUT2D eigenvalue weighted by molar-refractivity contribution is 5.38. The highest BCUT2D eigenvalue weighted by Crippen LogP contribution is 2.14. The van der Waals surface area contributed by atoms with Gasteiger partial charge in [-0.2, -0.15) is 0 Å². The van der Waals surface area contributed by atoms with Crippen LogP contribution in [0, 0.1) is 17.0 Å². The topological polar surface area (TPSA) is 91.3 Å². The van der Waals surface area contributed by atoms with Gasteiger partial charge in [0, 0.05) is 11.8 Å². The molecule has 0 aliphatic carbocycles. The zero-order valence-electron chi connectivity index (χ0n) is 6.35. The van der Waals surface area contributed by atoms with Gasteiger partial charge in [0.05, 0.1) is 0 Å². The highest BCUT2D eigenvalue weighted by atomic mass is 17.0. The van der Waals surface area contributed by atoms with E-state index in [0.717, 1.165) is 0 Å². The lowest BCUT2D eigenvalue weighted by molar-refractivity contribution is -0.711. The number of hydrogen-bond donors (Lipinski definition) is 1. The summed E-state index contributed by atoms with van der Waals surface area (Å²) in [7, 11) is 0. The van der Waals surface area contributed by atoms with Crippen LogP contribution in [-0.4, -0.2) is 10.1 Å². The molecule has 1 aromatic rings. The SMILES string of the molecule is Cc1cc(O[N+](=O)[O-])cc(N)n1. The van der Waals surface area contributed by atoms with E-state index in [1.54, 1.807) is 6.92 Å². The maximum absolute atomic E-state index is 9.91. The van der Waals surface area contributed by atoms with Crippen molar-refractivity contribution in [3.05, 3.63) is 27.9 Å². The van der Waals surface area contributed by atoms with E-state index in [1.807, 2.05) is 0 Å². The molecule has 0 saturated carbocycles. The van der Waals surface area contributed by atoms with Crippen LogP contribution in [0.4, 0.5) is 5.82 Å². The molecule has 0 unspecified atom stereocenters. The Balaban J connectivity index is 2.93. The van der Waals surface area contributed by atoms with E-state index in [0.29, 0.717) is 5.69 Å². The van der Waals surface area contributed by atoms with Crippen LogP contribution >= 0.6 is 0 Å². The van der Waals surface area contributed by atoms with E-state index in [9.17, 15) is 10.1 Å². The molecule has 0 fully saturated rings. The lowest BCUT2D eigenvalue weighted by Crippen LogP contribution is -2.04. The average Bonchev–Trinajstić information content (AvgIpc) is 1.81. The summed E-state index contributed by atoms with van der Waals surface area (Å²) in [6.07, 6.45) is 0. The molecule has 0 aromatic carbocycles. The number of hydrogen-bond acceptors (Lipinski definition) is 5. The summed E-state index contributed by atoms with van der Waals surface area (Å²) < 4.78 is 0. The number of aryl methyl sites for hydroxylation is 1. The summed E-state index contributed by atoms with van der Waals surface area (Å²) in [6, 6.07) is 2.72. The van der Waals surface area contributed by atoms with Crippen LogP contribution in [0.1, 0.15) is 5.69 Å². The van der Waals surface area contributed by atoms with Crippen LogP contribution in [-0.2, 0) is 0 Å². The number of nitrogens with two attached hydrogens (primary N) is 1. The lowest BCUT2D eigenvalue weighted by atomic mass is 10.3. The van der Waals surface area contributed by atoms with Crippen molar-refractivity contribution in [3.8, 4) is 5.75 Å². The van der Waals surface area contributed by atoms with Gasteiger partial charge >= 0.3 is 0 Å². The highest BCUT2D eigenvalue weighted by Gasteiger charge is 2.01. The molecular weight excluding hydrogens is 162 g/mol. The molecule has 1 rings (SSSR count). The molecule has 0 aliphatic heterocycles.